The Morgan fingerprint density at radius 1 is 1.22 bits per heavy atom. The Hall–Kier alpha value is -1.88. The molecule has 2 atom stereocenters. The van der Waals surface area contributed by atoms with Gasteiger partial charge in [-0.3, -0.25) is 9.59 Å². The predicted molar refractivity (Wildman–Crippen MR) is 90.0 cm³/mol. The van der Waals surface area contributed by atoms with E-state index in [0.717, 1.165) is 38.0 Å². The Labute approximate surface area is 137 Å². The van der Waals surface area contributed by atoms with E-state index in [1.807, 2.05) is 17.0 Å². The number of benzene rings is 1. The summed E-state index contributed by atoms with van der Waals surface area (Å²) in [5.41, 5.74) is 7.12. The molecule has 1 aliphatic heterocycles. The maximum absolute atomic E-state index is 12.5. The van der Waals surface area contributed by atoms with Crippen molar-refractivity contribution in [3.05, 3.63) is 29.8 Å². The molecular weight excluding hydrogens is 290 g/mol. The lowest BCUT2D eigenvalue weighted by molar-refractivity contribution is -0.117. The maximum Gasteiger partial charge on any atom is 0.253 e. The Morgan fingerprint density at radius 3 is 2.35 bits per heavy atom. The first-order chi connectivity index (χ1) is 11.1. The molecule has 1 heterocycles. The third-order valence-electron chi connectivity index (χ3n) is 5.08. The molecule has 5 heteroatoms. The number of carbonyl (C=O) groups excluding carboxylic acids is 2. The second-order valence-corrected chi connectivity index (χ2v) is 6.86. The van der Waals surface area contributed by atoms with Gasteiger partial charge in [0.2, 0.25) is 5.91 Å². The summed E-state index contributed by atoms with van der Waals surface area (Å²) in [6.07, 6.45) is 2.94. The minimum Gasteiger partial charge on any atom is -0.339 e. The molecule has 1 aromatic carbocycles. The lowest BCUT2D eigenvalue weighted by atomic mass is 9.96. The summed E-state index contributed by atoms with van der Waals surface area (Å²) in [5.74, 6) is 1.34. The quantitative estimate of drug-likeness (QED) is 0.893. The van der Waals surface area contributed by atoms with Crippen LogP contribution in [0.1, 0.15) is 36.5 Å². The molecular formula is C18H25N3O2. The van der Waals surface area contributed by atoms with Crippen molar-refractivity contribution in [3.8, 4) is 0 Å². The third kappa shape index (κ3) is 3.72. The molecule has 3 N–H and O–H groups in total. The number of carbonyl (C=O) groups is 2. The summed E-state index contributed by atoms with van der Waals surface area (Å²) < 4.78 is 0. The molecule has 2 amide bonds. The van der Waals surface area contributed by atoms with Crippen LogP contribution in [0.4, 0.5) is 5.69 Å². The molecule has 23 heavy (non-hydrogen) atoms. The number of nitrogens with two attached hydrogens (primary N) is 1. The van der Waals surface area contributed by atoms with E-state index in [1.165, 1.54) is 0 Å². The number of nitrogens with one attached hydrogen (secondary N) is 1. The van der Waals surface area contributed by atoms with E-state index in [0.29, 0.717) is 23.9 Å². The molecule has 1 aliphatic carbocycles. The molecule has 2 unspecified atom stereocenters. The molecule has 2 fully saturated rings. The lowest BCUT2D eigenvalue weighted by Crippen LogP contribution is -2.40. The lowest BCUT2D eigenvalue weighted by Gasteiger charge is -2.31. The fourth-order valence-corrected chi connectivity index (χ4v) is 3.17. The SMILES string of the molecule is CC1CC1C(=O)Nc1ccc(C(=O)N2CCC(CN)CC2)cc1. The van der Waals surface area contributed by atoms with E-state index in [9.17, 15) is 9.59 Å². The monoisotopic (exact) mass is 315 g/mol. The molecule has 1 saturated carbocycles. The zero-order valence-corrected chi connectivity index (χ0v) is 13.6. The molecule has 124 valence electrons. The number of hydrogen-bond acceptors (Lipinski definition) is 3. The van der Waals surface area contributed by atoms with Gasteiger partial charge < -0.3 is 16.0 Å². The van der Waals surface area contributed by atoms with Crippen LogP contribution < -0.4 is 11.1 Å². The predicted octanol–water partition coefficient (Wildman–Crippen LogP) is 2.09. The van der Waals surface area contributed by atoms with Crippen molar-refractivity contribution in [2.75, 3.05) is 25.0 Å². The molecule has 1 aromatic rings. The summed E-state index contributed by atoms with van der Waals surface area (Å²) in [4.78, 5) is 26.3. The zero-order chi connectivity index (χ0) is 16.4. The van der Waals surface area contributed by atoms with Gasteiger partial charge in [-0.1, -0.05) is 6.92 Å². The number of piperidine rings is 1. The van der Waals surface area contributed by atoms with Crippen LogP contribution in [-0.4, -0.2) is 36.3 Å². The van der Waals surface area contributed by atoms with Gasteiger partial charge in [0.1, 0.15) is 0 Å². The summed E-state index contributed by atoms with van der Waals surface area (Å²) in [7, 11) is 0. The van der Waals surface area contributed by atoms with Crippen molar-refractivity contribution < 1.29 is 9.59 Å². The van der Waals surface area contributed by atoms with E-state index < -0.39 is 0 Å². The van der Waals surface area contributed by atoms with Crippen LogP contribution >= 0.6 is 0 Å². The molecule has 0 aromatic heterocycles. The van der Waals surface area contributed by atoms with Gasteiger partial charge in [0, 0.05) is 30.3 Å². The molecule has 1 saturated heterocycles. The average Bonchev–Trinajstić information content (AvgIpc) is 3.32. The van der Waals surface area contributed by atoms with Gasteiger partial charge in [0.15, 0.2) is 0 Å². The minimum absolute atomic E-state index is 0.0640. The minimum atomic E-state index is 0.0640. The second kappa shape index (κ2) is 6.71. The van der Waals surface area contributed by atoms with Gasteiger partial charge in [0.05, 0.1) is 0 Å². The first-order valence-corrected chi connectivity index (χ1v) is 8.48. The van der Waals surface area contributed by atoms with Crippen LogP contribution in [0.25, 0.3) is 0 Å². The van der Waals surface area contributed by atoms with Gasteiger partial charge in [0.25, 0.3) is 5.91 Å². The topological polar surface area (TPSA) is 75.4 Å². The standard InChI is InChI=1S/C18H25N3O2/c1-12-10-16(12)17(22)20-15-4-2-14(3-5-15)18(23)21-8-6-13(11-19)7-9-21/h2-5,12-13,16H,6-11,19H2,1H3,(H,20,22). The first-order valence-electron chi connectivity index (χ1n) is 8.48. The van der Waals surface area contributed by atoms with Crippen LogP contribution in [0.5, 0.6) is 0 Å². The number of likely N-dealkylation sites (tertiary alicyclic amines) is 1. The Bertz CT molecular complexity index is 576. The number of hydrogen-bond donors (Lipinski definition) is 2. The number of amides is 2. The maximum atomic E-state index is 12.5. The van der Waals surface area contributed by atoms with Gasteiger partial charge in [-0.05, 0) is 61.9 Å². The summed E-state index contributed by atoms with van der Waals surface area (Å²) in [6, 6.07) is 7.21. The summed E-state index contributed by atoms with van der Waals surface area (Å²) in [6.45, 7) is 4.34. The van der Waals surface area contributed by atoms with Gasteiger partial charge >= 0.3 is 0 Å². The van der Waals surface area contributed by atoms with Crippen molar-refractivity contribution in [1.29, 1.82) is 0 Å². The van der Waals surface area contributed by atoms with Crippen molar-refractivity contribution in [2.24, 2.45) is 23.5 Å². The fraction of sp³-hybridized carbons (Fsp3) is 0.556. The Morgan fingerprint density at radius 2 is 1.83 bits per heavy atom. The molecule has 0 radical (unpaired) electrons. The van der Waals surface area contributed by atoms with Crippen molar-refractivity contribution in [1.82, 2.24) is 4.90 Å². The largest absolute Gasteiger partial charge is 0.339 e. The third-order valence-corrected chi connectivity index (χ3v) is 5.08. The van der Waals surface area contributed by atoms with E-state index >= 15 is 0 Å². The van der Waals surface area contributed by atoms with Crippen molar-refractivity contribution >= 4 is 17.5 Å². The smallest absolute Gasteiger partial charge is 0.253 e. The van der Waals surface area contributed by atoms with E-state index in [1.54, 1.807) is 12.1 Å². The van der Waals surface area contributed by atoms with Crippen LogP contribution in [-0.2, 0) is 4.79 Å². The molecule has 0 spiro atoms. The highest BCUT2D eigenvalue weighted by atomic mass is 16.2. The summed E-state index contributed by atoms with van der Waals surface area (Å²) >= 11 is 0. The number of nitrogens with zero attached hydrogens (tertiary/aromatic N) is 1. The molecule has 2 aliphatic rings. The second-order valence-electron chi connectivity index (χ2n) is 6.86. The number of rotatable bonds is 4. The van der Waals surface area contributed by atoms with Crippen molar-refractivity contribution in [3.63, 3.8) is 0 Å². The summed E-state index contributed by atoms with van der Waals surface area (Å²) in [5, 5.41) is 2.92. The highest BCUT2D eigenvalue weighted by molar-refractivity contribution is 5.97. The van der Waals surface area contributed by atoms with Crippen LogP contribution in [0.2, 0.25) is 0 Å². The average molecular weight is 315 g/mol. The van der Waals surface area contributed by atoms with Crippen LogP contribution in [0.3, 0.4) is 0 Å². The number of anilines is 1. The fourth-order valence-electron chi connectivity index (χ4n) is 3.17. The van der Waals surface area contributed by atoms with E-state index in [-0.39, 0.29) is 17.7 Å². The van der Waals surface area contributed by atoms with Gasteiger partial charge in [-0.15, -0.1) is 0 Å². The zero-order valence-electron chi connectivity index (χ0n) is 13.6. The van der Waals surface area contributed by atoms with Crippen molar-refractivity contribution in [2.45, 2.75) is 26.2 Å². The van der Waals surface area contributed by atoms with Crippen LogP contribution in [0.15, 0.2) is 24.3 Å². The van der Waals surface area contributed by atoms with Crippen LogP contribution in [0, 0.1) is 17.8 Å². The molecule has 3 rings (SSSR count). The normalized spacial score (nSPS) is 24.3. The highest BCUT2D eigenvalue weighted by Gasteiger charge is 2.39. The Kier molecular flexibility index (Phi) is 4.66. The molecule has 0 bridgehead atoms. The first kappa shape index (κ1) is 16.0. The van der Waals surface area contributed by atoms with E-state index in [4.69, 9.17) is 5.73 Å². The Balaban J connectivity index is 1.56. The highest BCUT2D eigenvalue weighted by Crippen LogP contribution is 2.38. The molecule has 5 nitrogen and oxygen atoms in total. The van der Waals surface area contributed by atoms with Gasteiger partial charge in [-0.25, -0.2) is 0 Å². The van der Waals surface area contributed by atoms with Gasteiger partial charge in [-0.2, -0.15) is 0 Å². The van der Waals surface area contributed by atoms with E-state index in [2.05, 4.69) is 12.2 Å².